The van der Waals surface area contributed by atoms with E-state index in [0.717, 1.165) is 15.6 Å². The van der Waals surface area contributed by atoms with Gasteiger partial charge < -0.3 is 0 Å². The number of pyridine rings is 1. The molecular formula is C14H15BrN2O2S. The minimum absolute atomic E-state index is 0.230. The summed E-state index contributed by atoms with van der Waals surface area (Å²) in [7, 11) is -3.54. The first-order valence-corrected chi connectivity index (χ1v) is 8.33. The fourth-order valence-corrected chi connectivity index (χ4v) is 3.58. The Balaban J connectivity index is 2.24. The van der Waals surface area contributed by atoms with Crippen molar-refractivity contribution in [2.75, 3.05) is 0 Å². The maximum atomic E-state index is 12.3. The second kappa shape index (κ2) is 6.03. The number of hydrogen-bond acceptors (Lipinski definition) is 3. The molecule has 0 bridgehead atoms. The summed E-state index contributed by atoms with van der Waals surface area (Å²) in [6.45, 7) is 3.93. The summed E-state index contributed by atoms with van der Waals surface area (Å²) in [6, 6.07) is 7.05. The van der Waals surface area contributed by atoms with E-state index in [9.17, 15) is 8.42 Å². The van der Waals surface area contributed by atoms with E-state index in [1.807, 2.05) is 19.1 Å². The zero-order valence-corrected chi connectivity index (χ0v) is 13.6. The fraction of sp³-hybridized carbons (Fsp3) is 0.214. The predicted molar refractivity (Wildman–Crippen MR) is 81.9 cm³/mol. The lowest BCUT2D eigenvalue weighted by Crippen LogP contribution is -2.24. The number of rotatable bonds is 4. The van der Waals surface area contributed by atoms with Crippen molar-refractivity contribution in [1.29, 1.82) is 0 Å². The number of halogens is 1. The minimum Gasteiger partial charge on any atom is -0.264 e. The van der Waals surface area contributed by atoms with E-state index in [1.54, 1.807) is 31.5 Å². The smallest absolute Gasteiger partial charge is 0.241 e. The number of benzene rings is 1. The van der Waals surface area contributed by atoms with Gasteiger partial charge in [-0.2, -0.15) is 0 Å². The Labute approximate surface area is 127 Å². The molecule has 1 N–H and O–H groups in total. The molecule has 1 aromatic heterocycles. The molecule has 0 unspecified atom stereocenters. The molecule has 0 aliphatic carbocycles. The van der Waals surface area contributed by atoms with Crippen LogP contribution in [0.5, 0.6) is 0 Å². The second-order valence-corrected chi connectivity index (χ2v) is 7.19. The van der Waals surface area contributed by atoms with Crippen LogP contribution in [-0.4, -0.2) is 13.4 Å². The lowest BCUT2D eigenvalue weighted by atomic mass is 10.2. The molecule has 2 aromatic rings. The normalized spacial score (nSPS) is 11.6. The van der Waals surface area contributed by atoms with Crippen molar-refractivity contribution < 1.29 is 8.42 Å². The standard InChI is InChI=1S/C14H15BrN2O2S/c1-10-5-6-16-8-12(10)9-17-20(18,19)14-7-13(15)4-3-11(14)2/h3-8,17H,9H2,1-2H3. The van der Waals surface area contributed by atoms with Crippen LogP contribution in [0.3, 0.4) is 0 Å². The molecule has 0 fully saturated rings. The lowest BCUT2D eigenvalue weighted by Gasteiger charge is -2.10. The highest BCUT2D eigenvalue weighted by atomic mass is 79.9. The number of aromatic nitrogens is 1. The molecule has 20 heavy (non-hydrogen) atoms. The molecule has 0 saturated heterocycles. The van der Waals surface area contributed by atoms with Gasteiger partial charge in [0.1, 0.15) is 0 Å². The zero-order valence-electron chi connectivity index (χ0n) is 11.2. The first-order valence-electron chi connectivity index (χ1n) is 6.05. The van der Waals surface area contributed by atoms with E-state index in [-0.39, 0.29) is 11.4 Å². The van der Waals surface area contributed by atoms with E-state index >= 15 is 0 Å². The van der Waals surface area contributed by atoms with E-state index in [1.165, 1.54) is 0 Å². The van der Waals surface area contributed by atoms with Crippen molar-refractivity contribution in [3.05, 3.63) is 57.8 Å². The summed E-state index contributed by atoms with van der Waals surface area (Å²) in [5.74, 6) is 0. The number of aryl methyl sites for hydroxylation is 2. The SMILES string of the molecule is Cc1ccncc1CNS(=O)(=O)c1cc(Br)ccc1C. The molecule has 0 spiro atoms. The first kappa shape index (κ1) is 15.2. The van der Waals surface area contributed by atoms with Crippen molar-refractivity contribution in [1.82, 2.24) is 9.71 Å². The van der Waals surface area contributed by atoms with Crippen LogP contribution >= 0.6 is 15.9 Å². The topological polar surface area (TPSA) is 59.1 Å². The number of nitrogens with one attached hydrogen (secondary N) is 1. The van der Waals surface area contributed by atoms with Crippen LogP contribution in [0.2, 0.25) is 0 Å². The van der Waals surface area contributed by atoms with Gasteiger partial charge in [-0.3, -0.25) is 4.98 Å². The highest BCUT2D eigenvalue weighted by Crippen LogP contribution is 2.20. The van der Waals surface area contributed by atoms with Crippen molar-refractivity contribution in [3.8, 4) is 0 Å². The molecule has 0 amide bonds. The molecular weight excluding hydrogens is 340 g/mol. The van der Waals surface area contributed by atoms with Crippen LogP contribution < -0.4 is 4.72 Å². The van der Waals surface area contributed by atoms with Crippen LogP contribution in [0, 0.1) is 13.8 Å². The molecule has 0 saturated carbocycles. The molecule has 2 rings (SSSR count). The Bertz CT molecular complexity index is 730. The Hall–Kier alpha value is -1.24. The number of hydrogen-bond donors (Lipinski definition) is 1. The second-order valence-electron chi connectivity index (χ2n) is 4.54. The van der Waals surface area contributed by atoms with Crippen molar-refractivity contribution in [2.24, 2.45) is 0 Å². The molecule has 1 heterocycles. The Kier molecular flexibility index (Phi) is 4.57. The highest BCUT2D eigenvalue weighted by Gasteiger charge is 2.17. The van der Waals surface area contributed by atoms with Gasteiger partial charge >= 0.3 is 0 Å². The van der Waals surface area contributed by atoms with Gasteiger partial charge in [-0.15, -0.1) is 0 Å². The summed E-state index contributed by atoms with van der Waals surface area (Å²) in [5, 5.41) is 0. The van der Waals surface area contributed by atoms with E-state index < -0.39 is 10.0 Å². The van der Waals surface area contributed by atoms with Gasteiger partial charge in [-0.05, 0) is 48.7 Å². The number of nitrogens with zero attached hydrogens (tertiary/aromatic N) is 1. The predicted octanol–water partition coefficient (Wildman–Crippen LogP) is 2.94. The lowest BCUT2D eigenvalue weighted by molar-refractivity contribution is 0.580. The van der Waals surface area contributed by atoms with Gasteiger partial charge in [-0.1, -0.05) is 22.0 Å². The maximum absolute atomic E-state index is 12.3. The van der Waals surface area contributed by atoms with Crippen LogP contribution in [0.25, 0.3) is 0 Å². The van der Waals surface area contributed by atoms with Crippen LogP contribution in [0.15, 0.2) is 46.0 Å². The average molecular weight is 355 g/mol. The van der Waals surface area contributed by atoms with Gasteiger partial charge in [-0.25, -0.2) is 13.1 Å². The average Bonchev–Trinajstić information content (AvgIpc) is 2.40. The molecule has 0 aliphatic rings. The summed E-state index contributed by atoms with van der Waals surface area (Å²) in [6.07, 6.45) is 3.36. The molecule has 0 radical (unpaired) electrons. The number of sulfonamides is 1. The molecule has 1 aromatic carbocycles. The van der Waals surface area contributed by atoms with Crippen molar-refractivity contribution in [2.45, 2.75) is 25.3 Å². The van der Waals surface area contributed by atoms with Gasteiger partial charge in [0, 0.05) is 23.4 Å². The van der Waals surface area contributed by atoms with Crippen LogP contribution in [-0.2, 0) is 16.6 Å². The molecule has 106 valence electrons. The zero-order chi connectivity index (χ0) is 14.8. The van der Waals surface area contributed by atoms with Gasteiger partial charge in [0.25, 0.3) is 0 Å². The molecule has 0 aliphatic heterocycles. The fourth-order valence-electron chi connectivity index (χ4n) is 1.80. The first-order chi connectivity index (χ1) is 9.40. The Morgan fingerprint density at radius 2 is 1.95 bits per heavy atom. The van der Waals surface area contributed by atoms with E-state index in [4.69, 9.17) is 0 Å². The summed E-state index contributed by atoms with van der Waals surface area (Å²) < 4.78 is 28.0. The van der Waals surface area contributed by atoms with Crippen LogP contribution in [0.4, 0.5) is 0 Å². The molecule has 0 atom stereocenters. The van der Waals surface area contributed by atoms with Crippen molar-refractivity contribution in [3.63, 3.8) is 0 Å². The Morgan fingerprint density at radius 1 is 1.20 bits per heavy atom. The van der Waals surface area contributed by atoms with Crippen molar-refractivity contribution >= 4 is 26.0 Å². The minimum atomic E-state index is -3.54. The monoisotopic (exact) mass is 354 g/mol. The third kappa shape index (κ3) is 3.45. The molecule has 4 nitrogen and oxygen atoms in total. The quantitative estimate of drug-likeness (QED) is 0.917. The van der Waals surface area contributed by atoms with Crippen LogP contribution in [0.1, 0.15) is 16.7 Å². The maximum Gasteiger partial charge on any atom is 0.241 e. The highest BCUT2D eigenvalue weighted by molar-refractivity contribution is 9.10. The molecule has 6 heteroatoms. The largest absolute Gasteiger partial charge is 0.264 e. The van der Waals surface area contributed by atoms with Gasteiger partial charge in [0.05, 0.1) is 4.90 Å². The van der Waals surface area contributed by atoms with E-state index in [0.29, 0.717) is 5.56 Å². The van der Waals surface area contributed by atoms with E-state index in [2.05, 4.69) is 25.6 Å². The van der Waals surface area contributed by atoms with Gasteiger partial charge in [0.2, 0.25) is 10.0 Å². The summed E-state index contributed by atoms with van der Waals surface area (Å²) in [4.78, 5) is 4.29. The third-order valence-corrected chi connectivity index (χ3v) is 5.08. The summed E-state index contributed by atoms with van der Waals surface area (Å²) >= 11 is 3.29. The van der Waals surface area contributed by atoms with Gasteiger partial charge in [0.15, 0.2) is 0 Å². The third-order valence-electron chi connectivity index (χ3n) is 3.04. The summed E-state index contributed by atoms with van der Waals surface area (Å²) in [5.41, 5.74) is 2.58. The Morgan fingerprint density at radius 3 is 2.65 bits per heavy atom.